The van der Waals surface area contributed by atoms with Crippen LogP contribution >= 0.6 is 0 Å². The number of rotatable bonds is 7. The van der Waals surface area contributed by atoms with E-state index in [0.717, 1.165) is 11.1 Å². The van der Waals surface area contributed by atoms with Gasteiger partial charge in [0.1, 0.15) is 23.0 Å². The maximum atomic E-state index is 13.5. The van der Waals surface area contributed by atoms with E-state index in [1.165, 1.54) is 4.90 Å². The number of aryl methyl sites for hydroxylation is 1. The molecule has 0 aliphatic carbocycles. The second-order valence-corrected chi connectivity index (χ2v) is 9.98. The molecule has 0 spiro atoms. The Hall–Kier alpha value is -4.91. The summed E-state index contributed by atoms with van der Waals surface area (Å²) in [7, 11) is 1.59. The highest BCUT2D eigenvalue weighted by Gasteiger charge is 2.47. The van der Waals surface area contributed by atoms with Crippen molar-refractivity contribution in [2.45, 2.75) is 32.7 Å². The lowest BCUT2D eigenvalue weighted by molar-refractivity contribution is -0.132. The number of carbonyl (C=O) groups excluding carboxylic acids is 2. The number of aliphatic hydroxyl groups is 1. The standard InChI is InChI=1S/C33H30N2O5/c1-20(2)27-18-22(10-15-28(27)39-4)31(36)29-30(23-8-6-16-34-19-23)35(33(38)32(29)37)24-11-13-25(14-12-24)40-26-9-5-7-21(3)17-26/h5-20,30,36H,1-4H3/b31-29-. The highest BCUT2D eigenvalue weighted by Crippen LogP contribution is 2.43. The molecule has 3 aromatic carbocycles. The first-order chi connectivity index (χ1) is 19.3. The van der Waals surface area contributed by atoms with Crippen molar-refractivity contribution < 1.29 is 24.2 Å². The van der Waals surface area contributed by atoms with Crippen molar-refractivity contribution >= 4 is 23.1 Å². The summed E-state index contributed by atoms with van der Waals surface area (Å²) in [4.78, 5) is 32.6. The van der Waals surface area contributed by atoms with Gasteiger partial charge in [0.2, 0.25) is 0 Å². The zero-order valence-corrected chi connectivity index (χ0v) is 22.8. The molecule has 1 fully saturated rings. The van der Waals surface area contributed by atoms with Crippen LogP contribution in [-0.2, 0) is 9.59 Å². The molecule has 1 aliphatic rings. The zero-order chi connectivity index (χ0) is 28.4. The Labute approximate surface area is 233 Å². The number of nitrogens with zero attached hydrogens (tertiary/aromatic N) is 2. The molecule has 1 unspecified atom stereocenters. The zero-order valence-electron chi connectivity index (χ0n) is 22.8. The quantitative estimate of drug-likeness (QED) is 0.157. The van der Waals surface area contributed by atoms with Crippen molar-refractivity contribution in [1.29, 1.82) is 0 Å². The first-order valence-corrected chi connectivity index (χ1v) is 13.0. The number of ketones is 1. The average Bonchev–Trinajstić information content (AvgIpc) is 3.23. The van der Waals surface area contributed by atoms with E-state index in [9.17, 15) is 14.7 Å². The minimum absolute atomic E-state index is 0.00189. The van der Waals surface area contributed by atoms with Crippen LogP contribution < -0.4 is 14.4 Å². The monoisotopic (exact) mass is 534 g/mol. The number of amides is 1. The number of hydrogen-bond donors (Lipinski definition) is 1. The Balaban J connectivity index is 1.58. The maximum absolute atomic E-state index is 13.5. The van der Waals surface area contributed by atoms with Crippen LogP contribution in [0.3, 0.4) is 0 Å². The molecular formula is C33H30N2O5. The molecule has 1 atom stereocenters. The van der Waals surface area contributed by atoms with Crippen molar-refractivity contribution in [3.8, 4) is 17.2 Å². The van der Waals surface area contributed by atoms with Crippen molar-refractivity contribution in [3.63, 3.8) is 0 Å². The number of methoxy groups -OCH3 is 1. The molecule has 2 heterocycles. The molecule has 0 radical (unpaired) electrons. The van der Waals surface area contributed by atoms with Crippen LogP contribution in [0, 0.1) is 6.92 Å². The number of Topliss-reactive ketones (excluding diaryl/α,β-unsaturated/α-hetero) is 1. The van der Waals surface area contributed by atoms with Gasteiger partial charge in [0.25, 0.3) is 11.7 Å². The van der Waals surface area contributed by atoms with Crippen LogP contribution in [0.4, 0.5) is 5.69 Å². The number of hydrogen-bond acceptors (Lipinski definition) is 6. The predicted octanol–water partition coefficient (Wildman–Crippen LogP) is 6.94. The third-order valence-electron chi connectivity index (χ3n) is 6.91. The molecule has 1 amide bonds. The highest BCUT2D eigenvalue weighted by molar-refractivity contribution is 6.51. The van der Waals surface area contributed by atoms with Gasteiger partial charge in [0.15, 0.2) is 0 Å². The minimum Gasteiger partial charge on any atom is -0.507 e. The average molecular weight is 535 g/mol. The number of pyridine rings is 1. The molecule has 202 valence electrons. The van der Waals surface area contributed by atoms with Gasteiger partial charge >= 0.3 is 0 Å². The van der Waals surface area contributed by atoms with E-state index < -0.39 is 17.7 Å². The molecule has 0 saturated carbocycles. The Kier molecular flexibility index (Phi) is 7.38. The summed E-state index contributed by atoms with van der Waals surface area (Å²) >= 11 is 0. The summed E-state index contributed by atoms with van der Waals surface area (Å²) in [6, 6.07) is 22.5. The molecule has 1 aromatic heterocycles. The van der Waals surface area contributed by atoms with Gasteiger partial charge in [0, 0.05) is 23.6 Å². The van der Waals surface area contributed by atoms with Crippen molar-refractivity contribution in [1.82, 2.24) is 4.98 Å². The van der Waals surface area contributed by atoms with Gasteiger partial charge in [-0.15, -0.1) is 0 Å². The summed E-state index contributed by atoms with van der Waals surface area (Å²) in [6.07, 6.45) is 3.21. The van der Waals surface area contributed by atoms with Gasteiger partial charge in [-0.2, -0.15) is 0 Å². The van der Waals surface area contributed by atoms with Gasteiger partial charge < -0.3 is 14.6 Å². The largest absolute Gasteiger partial charge is 0.507 e. The molecule has 4 aromatic rings. The summed E-state index contributed by atoms with van der Waals surface area (Å²) in [6.45, 7) is 6.02. The molecule has 7 heteroatoms. The number of ether oxygens (including phenoxy) is 2. The first kappa shape index (κ1) is 26.7. The van der Waals surface area contributed by atoms with Crippen LogP contribution in [0.5, 0.6) is 17.2 Å². The van der Waals surface area contributed by atoms with Gasteiger partial charge in [0.05, 0.1) is 18.7 Å². The van der Waals surface area contributed by atoms with Gasteiger partial charge in [-0.25, -0.2) is 0 Å². The van der Waals surface area contributed by atoms with Gasteiger partial charge in [-0.05, 0) is 90.2 Å². The fourth-order valence-electron chi connectivity index (χ4n) is 4.93. The van der Waals surface area contributed by atoms with E-state index in [4.69, 9.17) is 9.47 Å². The fraction of sp³-hybridized carbons (Fsp3) is 0.182. The molecule has 5 rings (SSSR count). The predicted molar refractivity (Wildman–Crippen MR) is 154 cm³/mol. The van der Waals surface area contributed by atoms with E-state index in [2.05, 4.69) is 4.98 Å². The Morgan fingerprint density at radius 2 is 1.73 bits per heavy atom. The lowest BCUT2D eigenvalue weighted by atomic mass is 9.93. The molecule has 0 bridgehead atoms. The Bertz CT molecular complexity index is 1590. The van der Waals surface area contributed by atoms with E-state index in [1.54, 1.807) is 74.1 Å². The molecule has 1 saturated heterocycles. The third kappa shape index (κ3) is 5.06. The third-order valence-corrected chi connectivity index (χ3v) is 6.91. The second kappa shape index (κ2) is 11.1. The lowest BCUT2D eigenvalue weighted by Gasteiger charge is -2.25. The fourth-order valence-corrected chi connectivity index (χ4v) is 4.93. The van der Waals surface area contributed by atoms with Gasteiger partial charge in [-0.1, -0.05) is 32.0 Å². The second-order valence-electron chi connectivity index (χ2n) is 9.98. The molecule has 1 N–H and O–H groups in total. The minimum atomic E-state index is -0.873. The number of anilines is 1. The van der Waals surface area contributed by atoms with Crippen molar-refractivity contribution in [2.24, 2.45) is 0 Å². The molecule has 7 nitrogen and oxygen atoms in total. The topological polar surface area (TPSA) is 89.0 Å². The summed E-state index contributed by atoms with van der Waals surface area (Å²) in [5.41, 5.74) is 3.47. The normalized spacial score (nSPS) is 16.4. The number of benzene rings is 3. The molecular weight excluding hydrogens is 504 g/mol. The molecule has 1 aliphatic heterocycles. The van der Waals surface area contributed by atoms with Crippen LogP contribution in [-0.4, -0.2) is 28.9 Å². The Morgan fingerprint density at radius 1 is 0.950 bits per heavy atom. The lowest BCUT2D eigenvalue weighted by Crippen LogP contribution is -2.29. The SMILES string of the molecule is COc1ccc(/C(O)=C2/C(=O)C(=O)N(c3ccc(Oc4cccc(C)c4)cc3)C2c2cccnc2)cc1C(C)C. The van der Waals surface area contributed by atoms with E-state index in [0.29, 0.717) is 34.1 Å². The van der Waals surface area contributed by atoms with E-state index >= 15 is 0 Å². The Morgan fingerprint density at radius 3 is 2.38 bits per heavy atom. The number of carbonyl (C=O) groups is 2. The highest BCUT2D eigenvalue weighted by atomic mass is 16.5. The van der Waals surface area contributed by atoms with Crippen LogP contribution in [0.25, 0.3) is 5.76 Å². The van der Waals surface area contributed by atoms with Crippen LogP contribution in [0.2, 0.25) is 0 Å². The first-order valence-electron chi connectivity index (χ1n) is 13.0. The van der Waals surface area contributed by atoms with Crippen LogP contribution in [0.15, 0.2) is 96.8 Å². The smallest absolute Gasteiger partial charge is 0.300 e. The summed E-state index contributed by atoms with van der Waals surface area (Å²) in [5, 5.41) is 11.5. The summed E-state index contributed by atoms with van der Waals surface area (Å²) in [5.74, 6) is 0.322. The van der Waals surface area contributed by atoms with Crippen molar-refractivity contribution in [2.75, 3.05) is 12.0 Å². The van der Waals surface area contributed by atoms with Gasteiger partial charge in [-0.3, -0.25) is 19.5 Å². The van der Waals surface area contributed by atoms with Crippen molar-refractivity contribution in [3.05, 3.63) is 119 Å². The summed E-state index contributed by atoms with van der Waals surface area (Å²) < 4.78 is 11.4. The van der Waals surface area contributed by atoms with E-state index in [-0.39, 0.29) is 17.3 Å². The van der Waals surface area contributed by atoms with E-state index in [1.807, 2.05) is 45.0 Å². The number of aromatic nitrogens is 1. The van der Waals surface area contributed by atoms with Crippen LogP contribution in [0.1, 0.15) is 48.1 Å². The molecule has 40 heavy (non-hydrogen) atoms. The number of aliphatic hydroxyl groups excluding tert-OH is 1. The maximum Gasteiger partial charge on any atom is 0.300 e.